The molecule has 0 aromatic heterocycles. The summed E-state index contributed by atoms with van der Waals surface area (Å²) in [5, 5.41) is 28.3. The fraction of sp³-hybridized carbons (Fsp3) is 0.417. The van der Waals surface area contributed by atoms with Gasteiger partial charge < -0.3 is 14.6 Å². The summed E-state index contributed by atoms with van der Waals surface area (Å²) >= 11 is 0. The van der Waals surface area contributed by atoms with Crippen molar-refractivity contribution in [2.75, 3.05) is 13.7 Å². The van der Waals surface area contributed by atoms with E-state index in [2.05, 4.69) is 0 Å². The second-order valence-electron chi connectivity index (χ2n) is 3.68. The fourth-order valence-electron chi connectivity index (χ4n) is 1.41. The lowest BCUT2D eigenvalue weighted by molar-refractivity contribution is -0.422. The molecule has 0 radical (unpaired) electrons. The second kappa shape index (κ2) is 10.3. The van der Waals surface area contributed by atoms with E-state index in [9.17, 15) is 25.0 Å². The summed E-state index contributed by atoms with van der Waals surface area (Å²) in [7, 11) is 1.00. The average molecular weight is 300 g/mol. The monoisotopic (exact) mass is 300 g/mol. The fourth-order valence-corrected chi connectivity index (χ4v) is 1.41. The molecule has 9 nitrogen and oxygen atoms in total. The van der Waals surface area contributed by atoms with Crippen LogP contribution in [0.2, 0.25) is 0 Å². The molecule has 0 bridgehead atoms. The first-order valence-corrected chi connectivity index (χ1v) is 6.00. The number of unbranched alkanes of at least 4 members (excludes halogenated alkanes) is 2. The van der Waals surface area contributed by atoms with Gasteiger partial charge in [0.25, 0.3) is 0 Å². The molecular weight excluding hydrogens is 284 g/mol. The minimum atomic E-state index is -0.822. The number of hydrogen-bond acceptors (Lipinski definition) is 7. The molecule has 0 saturated heterocycles. The lowest BCUT2D eigenvalue weighted by Crippen LogP contribution is -2.00. The van der Waals surface area contributed by atoms with Gasteiger partial charge in [0.15, 0.2) is 0 Å². The second-order valence-corrected chi connectivity index (χ2v) is 3.68. The van der Waals surface area contributed by atoms with Crippen molar-refractivity contribution in [3.63, 3.8) is 0 Å². The van der Waals surface area contributed by atoms with E-state index in [0.717, 1.165) is 25.5 Å². The molecule has 0 unspecified atom stereocenters. The van der Waals surface area contributed by atoms with Crippen LogP contribution in [0.4, 0.5) is 11.4 Å². The van der Waals surface area contributed by atoms with Gasteiger partial charge in [-0.15, -0.1) is 0 Å². The standard InChI is InChI=1S/C11H12N2O6.CH4O/c14-6-2-1-3-7-19-9-4-5-10(12(15)16)11(8-9)13(17)18;1-2/h4-6,8H,1-3,7H2;2H,1H3. The van der Waals surface area contributed by atoms with Crippen molar-refractivity contribution in [2.24, 2.45) is 0 Å². The summed E-state index contributed by atoms with van der Waals surface area (Å²) in [5.74, 6) is 0.198. The molecule has 0 amide bonds. The molecule has 1 rings (SSSR count). The number of benzene rings is 1. The molecule has 0 aliphatic heterocycles. The molecule has 0 atom stereocenters. The van der Waals surface area contributed by atoms with Crippen molar-refractivity contribution < 1.29 is 24.5 Å². The summed E-state index contributed by atoms with van der Waals surface area (Å²) in [6, 6.07) is 3.38. The highest BCUT2D eigenvalue weighted by Gasteiger charge is 2.24. The molecule has 1 N–H and O–H groups in total. The van der Waals surface area contributed by atoms with E-state index < -0.39 is 21.2 Å². The van der Waals surface area contributed by atoms with Crippen molar-refractivity contribution in [2.45, 2.75) is 19.3 Å². The maximum atomic E-state index is 10.7. The maximum absolute atomic E-state index is 10.7. The molecule has 0 aliphatic carbocycles. The Morgan fingerprint density at radius 3 is 2.29 bits per heavy atom. The van der Waals surface area contributed by atoms with E-state index in [0.29, 0.717) is 25.9 Å². The molecule has 0 spiro atoms. The maximum Gasteiger partial charge on any atom is 0.349 e. The highest BCUT2D eigenvalue weighted by Crippen LogP contribution is 2.30. The van der Waals surface area contributed by atoms with E-state index in [1.165, 1.54) is 6.07 Å². The van der Waals surface area contributed by atoms with Gasteiger partial charge in [0.2, 0.25) is 0 Å². The molecule has 116 valence electrons. The summed E-state index contributed by atoms with van der Waals surface area (Å²) in [6.45, 7) is 0.294. The summed E-state index contributed by atoms with van der Waals surface area (Å²) in [6.07, 6.45) is 2.53. The van der Waals surface area contributed by atoms with E-state index in [4.69, 9.17) is 9.84 Å². The molecule has 1 aromatic rings. The number of aliphatic hydroxyl groups is 1. The Bertz CT molecular complexity index is 490. The number of nitro groups is 2. The molecule has 0 heterocycles. The average Bonchev–Trinajstić information content (AvgIpc) is 2.48. The largest absolute Gasteiger partial charge is 0.493 e. The molecule has 1 aromatic carbocycles. The smallest absolute Gasteiger partial charge is 0.349 e. The zero-order valence-corrected chi connectivity index (χ0v) is 11.4. The Kier molecular flexibility index (Phi) is 9.02. The Morgan fingerprint density at radius 1 is 1.14 bits per heavy atom. The van der Waals surface area contributed by atoms with Crippen LogP contribution >= 0.6 is 0 Å². The minimum absolute atomic E-state index is 0.198. The van der Waals surface area contributed by atoms with Crippen LogP contribution in [0, 0.1) is 20.2 Å². The number of hydrogen-bond donors (Lipinski definition) is 1. The first kappa shape index (κ1) is 18.4. The summed E-state index contributed by atoms with van der Waals surface area (Å²) < 4.78 is 5.24. The van der Waals surface area contributed by atoms with Crippen molar-refractivity contribution in [1.82, 2.24) is 0 Å². The highest BCUT2D eigenvalue weighted by molar-refractivity contribution is 5.55. The van der Waals surface area contributed by atoms with Crippen LogP contribution in [0.1, 0.15) is 19.3 Å². The van der Waals surface area contributed by atoms with Crippen LogP contribution in [0.3, 0.4) is 0 Å². The van der Waals surface area contributed by atoms with Crippen LogP contribution in [-0.4, -0.2) is 35.0 Å². The number of aldehydes is 1. The zero-order valence-electron chi connectivity index (χ0n) is 11.4. The summed E-state index contributed by atoms with van der Waals surface area (Å²) in [4.78, 5) is 29.7. The van der Waals surface area contributed by atoms with Crippen molar-refractivity contribution in [3.8, 4) is 5.75 Å². The third-order valence-electron chi connectivity index (χ3n) is 2.33. The number of aliphatic hydroxyl groups excluding tert-OH is 1. The number of carbonyl (C=O) groups is 1. The molecular formula is C12H16N2O7. The number of ether oxygens (including phenoxy) is 1. The third-order valence-corrected chi connectivity index (χ3v) is 2.33. The third kappa shape index (κ3) is 6.43. The van der Waals surface area contributed by atoms with Gasteiger partial charge in [-0.25, -0.2) is 0 Å². The first-order chi connectivity index (χ1) is 10.1. The van der Waals surface area contributed by atoms with Gasteiger partial charge in [-0.2, -0.15) is 0 Å². The molecule has 0 saturated carbocycles. The lowest BCUT2D eigenvalue weighted by atomic mass is 10.2. The van der Waals surface area contributed by atoms with E-state index in [-0.39, 0.29) is 5.75 Å². The lowest BCUT2D eigenvalue weighted by Gasteiger charge is -2.05. The molecule has 21 heavy (non-hydrogen) atoms. The van der Waals surface area contributed by atoms with Crippen molar-refractivity contribution in [1.29, 1.82) is 0 Å². The SMILES string of the molecule is CO.O=CCCCCOc1ccc([N+](=O)[O-])c([N+](=O)[O-])c1. The zero-order chi connectivity index (χ0) is 16.3. The number of rotatable bonds is 8. The van der Waals surface area contributed by atoms with Gasteiger partial charge in [-0.1, -0.05) is 0 Å². The van der Waals surface area contributed by atoms with Gasteiger partial charge in [-0.3, -0.25) is 20.2 Å². The Balaban J connectivity index is 0.00000191. The van der Waals surface area contributed by atoms with Crippen molar-refractivity contribution in [3.05, 3.63) is 38.4 Å². The van der Waals surface area contributed by atoms with Gasteiger partial charge >= 0.3 is 11.4 Å². The number of nitro benzene ring substituents is 2. The van der Waals surface area contributed by atoms with Crippen LogP contribution in [0.15, 0.2) is 18.2 Å². The van der Waals surface area contributed by atoms with Gasteiger partial charge in [-0.05, 0) is 18.9 Å². The van der Waals surface area contributed by atoms with Crippen molar-refractivity contribution >= 4 is 17.7 Å². The summed E-state index contributed by atoms with van der Waals surface area (Å²) in [5.41, 5.74) is -1.17. The molecule has 9 heteroatoms. The Hall–Kier alpha value is -2.55. The van der Waals surface area contributed by atoms with Crippen LogP contribution < -0.4 is 4.74 Å². The van der Waals surface area contributed by atoms with Crippen LogP contribution in [0.25, 0.3) is 0 Å². The highest BCUT2D eigenvalue weighted by atomic mass is 16.6. The number of carbonyl (C=O) groups excluding carboxylic acids is 1. The topological polar surface area (TPSA) is 133 Å². The van der Waals surface area contributed by atoms with Gasteiger partial charge in [0, 0.05) is 19.6 Å². The first-order valence-electron chi connectivity index (χ1n) is 6.00. The normalized spacial score (nSPS) is 9.24. The van der Waals surface area contributed by atoms with Crippen LogP contribution in [0.5, 0.6) is 5.75 Å². The predicted octanol–water partition coefficient (Wildman–Crippen LogP) is 1.86. The molecule has 0 aliphatic rings. The Labute approximate surface area is 120 Å². The van der Waals surface area contributed by atoms with Gasteiger partial charge in [0.05, 0.1) is 22.5 Å². The van der Waals surface area contributed by atoms with Gasteiger partial charge in [0.1, 0.15) is 12.0 Å². The minimum Gasteiger partial charge on any atom is -0.493 e. The predicted molar refractivity (Wildman–Crippen MR) is 73.3 cm³/mol. The van der Waals surface area contributed by atoms with E-state index in [1.54, 1.807) is 0 Å². The van der Waals surface area contributed by atoms with Crippen LogP contribution in [-0.2, 0) is 4.79 Å². The molecule has 0 fully saturated rings. The van der Waals surface area contributed by atoms with E-state index >= 15 is 0 Å². The Morgan fingerprint density at radius 2 is 1.76 bits per heavy atom. The number of nitrogens with zero attached hydrogens (tertiary/aromatic N) is 2. The van der Waals surface area contributed by atoms with E-state index in [1.807, 2.05) is 0 Å². The quantitative estimate of drug-likeness (QED) is 0.335.